The largest absolute Gasteiger partial charge is 0.333 e. The highest BCUT2D eigenvalue weighted by Crippen LogP contribution is 1.84. The Morgan fingerprint density at radius 2 is 2.38 bits per heavy atom. The number of hydrogen-bond acceptors (Lipinski definition) is 3. The number of thiol groups is 1. The number of aromatic nitrogens is 2. The number of aryl methyl sites for hydroxylation is 1. The maximum absolute atomic E-state index is 6.69. The third-order valence-electron chi connectivity index (χ3n) is 0.635. The predicted molar refractivity (Wildman–Crippen MR) is 34.9 cm³/mol. The van der Waals surface area contributed by atoms with Crippen LogP contribution in [0.4, 0.5) is 0 Å². The first kappa shape index (κ1) is 7.52. The van der Waals surface area contributed by atoms with E-state index in [0.29, 0.717) is 0 Å². The smallest absolute Gasteiger partial charge is 0.0516 e. The molecule has 0 aliphatic heterocycles. The van der Waals surface area contributed by atoms with E-state index in [9.17, 15) is 0 Å². The van der Waals surface area contributed by atoms with Crippen molar-refractivity contribution in [2.24, 2.45) is 0 Å². The molecule has 0 radical (unpaired) electrons. The van der Waals surface area contributed by atoms with E-state index in [0.717, 1.165) is 0 Å². The summed E-state index contributed by atoms with van der Waals surface area (Å²) in [6.45, 7) is 1.99. The van der Waals surface area contributed by atoms with E-state index in [2.05, 4.69) is 23.1 Å². The van der Waals surface area contributed by atoms with Crippen LogP contribution in [0, 0.1) is 6.92 Å². The zero-order chi connectivity index (χ0) is 6.41. The van der Waals surface area contributed by atoms with Gasteiger partial charge in [0.25, 0.3) is 0 Å². The van der Waals surface area contributed by atoms with E-state index < -0.39 is 0 Å². The lowest BCUT2D eigenvalue weighted by Gasteiger charge is -1.62. The Hall–Kier alpha value is -0.480. The van der Waals surface area contributed by atoms with Crippen molar-refractivity contribution in [3.63, 3.8) is 0 Å². The van der Waals surface area contributed by atoms with Crippen molar-refractivity contribution in [2.45, 2.75) is 6.92 Å². The van der Waals surface area contributed by atoms with Crippen molar-refractivity contribution in [2.75, 3.05) is 0 Å². The van der Waals surface area contributed by atoms with Gasteiger partial charge in [-0.3, -0.25) is 5.10 Å². The van der Waals surface area contributed by atoms with E-state index in [1.807, 2.05) is 13.1 Å². The lowest BCUT2D eigenvalue weighted by molar-refractivity contribution is 0.679. The molecule has 1 rings (SSSR count). The fourth-order valence-electron chi connectivity index (χ4n) is 0.315. The van der Waals surface area contributed by atoms with E-state index in [4.69, 9.17) is 4.55 Å². The molecule has 0 unspecified atom stereocenters. The van der Waals surface area contributed by atoms with Crippen molar-refractivity contribution in [3.05, 3.63) is 18.0 Å². The first-order valence-electron chi connectivity index (χ1n) is 2.05. The number of rotatable bonds is 0. The zero-order valence-corrected chi connectivity index (χ0v) is 5.39. The summed E-state index contributed by atoms with van der Waals surface area (Å²) in [6.07, 6.45) is 3.62. The summed E-state index contributed by atoms with van der Waals surface area (Å²) in [6, 6.07) is 0. The molecule has 46 valence electrons. The van der Waals surface area contributed by atoms with Crippen LogP contribution in [-0.4, -0.2) is 14.8 Å². The van der Waals surface area contributed by atoms with Gasteiger partial charge in [-0.15, -0.1) is 0 Å². The Kier molecular flexibility index (Phi) is 4.39. The monoisotopic (exact) mass is 132 g/mol. The fraction of sp³-hybridized carbons (Fsp3) is 0.250. The van der Waals surface area contributed by atoms with Crippen LogP contribution < -0.4 is 0 Å². The van der Waals surface area contributed by atoms with Gasteiger partial charge in [0.05, 0.1) is 6.20 Å². The van der Waals surface area contributed by atoms with Crippen LogP contribution in [0.3, 0.4) is 0 Å². The van der Waals surface area contributed by atoms with Crippen molar-refractivity contribution in [3.8, 4) is 0 Å². The first-order chi connectivity index (χ1) is 3.89. The number of nitrogens with zero attached hydrogens (tertiary/aromatic N) is 1. The molecule has 0 bridgehead atoms. The lowest BCUT2D eigenvalue weighted by Crippen LogP contribution is -1.53. The van der Waals surface area contributed by atoms with Gasteiger partial charge in [0.2, 0.25) is 0 Å². The second-order valence-corrected chi connectivity index (χ2v) is 1.28. The second kappa shape index (κ2) is 4.67. The molecule has 0 saturated heterocycles. The standard InChI is InChI=1S/C4H6N2.H2OS/c1-4-2-5-6-3-4;1-2/h2-3H,1H3,(H,5,6);1-2H. The van der Waals surface area contributed by atoms with Crippen LogP contribution >= 0.6 is 12.9 Å². The van der Waals surface area contributed by atoms with E-state index in [-0.39, 0.29) is 0 Å². The molecule has 0 aliphatic carbocycles. The number of H-pyrrole nitrogens is 1. The molecule has 0 amide bonds. The van der Waals surface area contributed by atoms with E-state index >= 15 is 0 Å². The summed E-state index contributed by atoms with van der Waals surface area (Å²) < 4.78 is 6.69. The third-order valence-corrected chi connectivity index (χ3v) is 0.635. The number of aromatic amines is 1. The van der Waals surface area contributed by atoms with Gasteiger partial charge in [0.1, 0.15) is 0 Å². The van der Waals surface area contributed by atoms with Crippen LogP contribution in [-0.2, 0) is 0 Å². The topological polar surface area (TPSA) is 48.9 Å². The first-order valence-corrected chi connectivity index (χ1v) is 2.45. The molecule has 1 heterocycles. The minimum Gasteiger partial charge on any atom is -0.333 e. The third kappa shape index (κ3) is 2.65. The molecule has 0 atom stereocenters. The van der Waals surface area contributed by atoms with E-state index in [1.165, 1.54) is 5.56 Å². The minimum absolute atomic E-state index is 1.18. The molecule has 0 aliphatic rings. The van der Waals surface area contributed by atoms with Crippen molar-refractivity contribution >= 4 is 12.9 Å². The van der Waals surface area contributed by atoms with Gasteiger partial charge in [0.15, 0.2) is 0 Å². The van der Waals surface area contributed by atoms with Crippen LogP contribution in [0.5, 0.6) is 0 Å². The van der Waals surface area contributed by atoms with Gasteiger partial charge in [-0.1, -0.05) is 0 Å². The summed E-state index contributed by atoms with van der Waals surface area (Å²) >= 11 is 2.53. The Balaban J connectivity index is 0.000000222. The number of nitrogens with one attached hydrogen (secondary N) is 1. The molecule has 0 fully saturated rings. The van der Waals surface area contributed by atoms with Crippen LogP contribution in [0.15, 0.2) is 12.4 Å². The summed E-state index contributed by atoms with van der Waals surface area (Å²) in [5.41, 5.74) is 1.18. The summed E-state index contributed by atoms with van der Waals surface area (Å²) in [7, 11) is 0. The van der Waals surface area contributed by atoms with Gasteiger partial charge in [0, 0.05) is 6.20 Å². The van der Waals surface area contributed by atoms with Crippen LogP contribution in [0.1, 0.15) is 5.56 Å². The highest BCUT2D eigenvalue weighted by Gasteiger charge is 1.74. The highest BCUT2D eigenvalue weighted by atomic mass is 32.1. The second-order valence-electron chi connectivity index (χ2n) is 1.28. The van der Waals surface area contributed by atoms with Crippen molar-refractivity contribution in [1.29, 1.82) is 0 Å². The zero-order valence-electron chi connectivity index (χ0n) is 4.50. The van der Waals surface area contributed by atoms with Gasteiger partial charge in [-0.25, -0.2) is 0 Å². The maximum atomic E-state index is 6.69. The molecule has 0 saturated carbocycles. The lowest BCUT2D eigenvalue weighted by atomic mass is 10.4. The van der Waals surface area contributed by atoms with E-state index in [1.54, 1.807) is 6.20 Å². The summed E-state index contributed by atoms with van der Waals surface area (Å²) in [5, 5.41) is 6.38. The minimum atomic E-state index is 1.18. The molecule has 0 aromatic carbocycles. The van der Waals surface area contributed by atoms with Gasteiger partial charge >= 0.3 is 0 Å². The highest BCUT2D eigenvalue weighted by molar-refractivity contribution is 7.74. The Morgan fingerprint density at radius 3 is 2.50 bits per heavy atom. The molecule has 2 N–H and O–H groups in total. The molecule has 8 heavy (non-hydrogen) atoms. The Morgan fingerprint density at radius 1 is 1.75 bits per heavy atom. The quantitative estimate of drug-likeness (QED) is 0.366. The van der Waals surface area contributed by atoms with Gasteiger partial charge in [-0.05, 0) is 25.4 Å². The summed E-state index contributed by atoms with van der Waals surface area (Å²) in [4.78, 5) is 0. The SMILES string of the molecule is Cc1cn[nH]c1.OS. The van der Waals surface area contributed by atoms with Gasteiger partial charge < -0.3 is 4.55 Å². The molecule has 1 aromatic heterocycles. The fourth-order valence-corrected chi connectivity index (χ4v) is 0.315. The average molecular weight is 132 g/mol. The summed E-state index contributed by atoms with van der Waals surface area (Å²) in [5.74, 6) is 0. The van der Waals surface area contributed by atoms with Gasteiger partial charge in [-0.2, -0.15) is 5.10 Å². The Labute approximate surface area is 53.4 Å². The van der Waals surface area contributed by atoms with Crippen LogP contribution in [0.2, 0.25) is 0 Å². The molecular formula is C4H8N2OS. The molecule has 0 spiro atoms. The average Bonchev–Trinajstić information content (AvgIpc) is 2.24. The molecule has 4 heteroatoms. The molecular weight excluding hydrogens is 124 g/mol. The molecule has 3 nitrogen and oxygen atoms in total. The molecule has 1 aromatic rings. The van der Waals surface area contributed by atoms with Crippen molar-refractivity contribution in [1.82, 2.24) is 10.2 Å². The number of hydrogen-bond donors (Lipinski definition) is 3. The van der Waals surface area contributed by atoms with Crippen LogP contribution in [0.25, 0.3) is 0 Å². The normalized spacial score (nSPS) is 7.38. The predicted octanol–water partition coefficient (Wildman–Crippen LogP) is 1.11. The van der Waals surface area contributed by atoms with Crippen molar-refractivity contribution < 1.29 is 4.55 Å². The Bertz CT molecular complexity index is 118. The maximum Gasteiger partial charge on any atom is 0.0516 e.